The first-order valence-corrected chi connectivity index (χ1v) is 47.4. The van der Waals surface area contributed by atoms with Gasteiger partial charge < -0.3 is 58.8 Å². The number of aryl methyl sites for hydroxylation is 4. The van der Waals surface area contributed by atoms with Crippen molar-refractivity contribution < 1.29 is 18.9 Å². The second-order valence-electron chi connectivity index (χ2n) is 35.3. The van der Waals surface area contributed by atoms with Gasteiger partial charge in [-0.15, -0.1) is 0 Å². The van der Waals surface area contributed by atoms with E-state index in [1.807, 2.05) is 111 Å². The highest BCUT2D eigenvalue weighted by Gasteiger charge is 2.31. The molecule has 4 aliphatic heterocycles. The van der Waals surface area contributed by atoms with Crippen LogP contribution in [0.2, 0.25) is 0 Å². The molecule has 0 saturated carbocycles. The van der Waals surface area contributed by atoms with E-state index in [2.05, 4.69) is 272 Å². The second kappa shape index (κ2) is 38.3. The smallest absolute Gasteiger partial charge is 0.128 e. The van der Waals surface area contributed by atoms with Crippen LogP contribution in [0.4, 0.5) is 0 Å². The number of benzene rings is 10. The van der Waals surface area contributed by atoms with E-state index >= 15 is 0 Å². The number of aromatic nitrogens is 16. The molecule has 24 rings (SSSR count). The SMILES string of the molecule is CC=CCc1ncc(-c2ccc3c(c2)COc2cc4c(cc2-3)CCc2[nH]c(CC=CC)nc2-4)[nH]1.CC=CCc1ncc(-c2ccc3c(c2)COc2cc4c(ccc5[nH]c(CC=CC)nc54)cc2-3)[nH]1.CC=CCc1ncc(-c2ccc3c(c2)OCc2cc4c(cc2-3)CCc2[nH]c(CC=CC)nc2-4)[nH]1.CC=CCc1ncc(-c2ccc3c(c2)OCc2cc4c(ccc5[nH]c(CC=CC)nc54)cc2-3)[nH]1. The van der Waals surface area contributed by atoms with Crippen molar-refractivity contribution in [2.24, 2.45) is 0 Å². The third-order valence-electron chi connectivity index (χ3n) is 26.3. The van der Waals surface area contributed by atoms with Crippen molar-refractivity contribution in [3.63, 3.8) is 0 Å². The summed E-state index contributed by atoms with van der Waals surface area (Å²) < 4.78 is 25.0. The maximum Gasteiger partial charge on any atom is 0.128 e. The molecule has 0 amide bonds. The number of imidazole rings is 8. The second-order valence-corrected chi connectivity index (χ2v) is 35.3. The minimum Gasteiger partial charge on any atom is -0.488 e. The molecule has 6 aliphatic rings. The predicted molar refractivity (Wildman–Crippen MR) is 548 cm³/mol. The molecule has 0 atom stereocenters. The number of H-pyrrole nitrogens is 8. The zero-order chi connectivity index (χ0) is 92.3. The van der Waals surface area contributed by atoms with Crippen molar-refractivity contribution >= 4 is 43.6 Å². The lowest BCUT2D eigenvalue weighted by Gasteiger charge is -2.25. The molecule has 2 aliphatic carbocycles. The van der Waals surface area contributed by atoms with Crippen LogP contribution in [-0.4, -0.2) is 79.7 Å². The van der Waals surface area contributed by atoms with E-state index in [-0.39, 0.29) is 0 Å². The molecule has 20 heteroatoms. The quantitative estimate of drug-likeness (QED) is 0.0331. The lowest BCUT2D eigenvalue weighted by atomic mass is 9.85. The Balaban J connectivity index is 0.000000108. The van der Waals surface area contributed by atoms with Crippen LogP contribution in [-0.2, 0) is 103 Å². The molecule has 8 aromatic heterocycles. The molecular weight excluding hydrogens is 1680 g/mol. The van der Waals surface area contributed by atoms with Gasteiger partial charge in [0.2, 0.25) is 0 Å². The van der Waals surface area contributed by atoms with Gasteiger partial charge in [-0.25, -0.2) is 39.9 Å². The van der Waals surface area contributed by atoms with Gasteiger partial charge in [-0.05, 0) is 256 Å². The van der Waals surface area contributed by atoms with Crippen LogP contribution < -0.4 is 18.9 Å². The van der Waals surface area contributed by atoms with Crippen molar-refractivity contribution in [3.05, 3.63) is 359 Å². The summed E-state index contributed by atoms with van der Waals surface area (Å²) in [4.78, 5) is 65.2. The molecule has 10 aromatic carbocycles. The van der Waals surface area contributed by atoms with Gasteiger partial charge in [0, 0.05) is 118 Å². The predicted octanol–water partition coefficient (Wildman–Crippen LogP) is 26.5. The van der Waals surface area contributed by atoms with Crippen LogP contribution >= 0.6 is 0 Å². The Kier molecular flexibility index (Phi) is 24.4. The fourth-order valence-electron chi connectivity index (χ4n) is 19.3. The summed E-state index contributed by atoms with van der Waals surface area (Å²) in [6, 6.07) is 52.7. The average Bonchev–Trinajstić information content (AvgIpc) is 1.51. The van der Waals surface area contributed by atoms with Crippen LogP contribution in [0, 0.1) is 0 Å². The molecule has 0 spiro atoms. The Morgan fingerprint density at radius 2 is 0.566 bits per heavy atom. The summed E-state index contributed by atoms with van der Waals surface area (Å²) in [5, 5.41) is 4.63. The largest absolute Gasteiger partial charge is 0.488 e. The molecule has 0 fully saturated rings. The summed E-state index contributed by atoms with van der Waals surface area (Å²) >= 11 is 0. The minimum atomic E-state index is 0.545. The van der Waals surface area contributed by atoms with E-state index in [1.165, 1.54) is 89.1 Å². The van der Waals surface area contributed by atoms with Gasteiger partial charge in [-0.3, -0.25) is 0 Å². The van der Waals surface area contributed by atoms with Crippen LogP contribution in [0.5, 0.6) is 23.0 Å². The van der Waals surface area contributed by atoms with Gasteiger partial charge in [0.1, 0.15) is 96.0 Å². The van der Waals surface area contributed by atoms with Crippen LogP contribution in [0.15, 0.2) is 268 Å². The molecule has 8 N–H and O–H groups in total. The van der Waals surface area contributed by atoms with Crippen LogP contribution in [0.3, 0.4) is 0 Å². The Bertz CT molecular complexity index is 7420. The molecule has 20 nitrogen and oxygen atoms in total. The van der Waals surface area contributed by atoms with E-state index in [0.717, 1.165) is 258 Å². The number of allylic oxidation sites excluding steroid dienone is 16. The van der Waals surface area contributed by atoms with E-state index < -0.39 is 0 Å². The van der Waals surface area contributed by atoms with Crippen LogP contribution in [0.25, 0.3) is 156 Å². The highest BCUT2D eigenvalue weighted by Crippen LogP contribution is 2.50. The summed E-state index contributed by atoms with van der Waals surface area (Å²) in [5.41, 5.74) is 36.9. The molecule has 12 heterocycles. The molecule has 0 radical (unpaired) electrons. The van der Waals surface area contributed by atoms with Crippen molar-refractivity contribution in [1.82, 2.24) is 79.7 Å². The minimum absolute atomic E-state index is 0.545. The standard InChI is InChI=1S/C29H28N4O.C29H26N4O.C29H28N4O.C29H26N4O/c2*1-3-5-7-27-30-16-25(32-27)19-9-11-21-20(13-19)17-34-26-15-22-18(14-23(21)26)10-12-24-29(22)33-28(31-24)8-6-4-2;2*1-3-5-7-27-30-16-25(32-27)19-9-11-21-22-13-18-10-12-24-29(33-28(31-24)8-6-4-2)23(18)14-20(22)17-34-26(21)15-19/h3-6,9,11,13-16H,7-8,10,12,17H2,1-2H3,(H,30,32)(H,31,33);3-6,9-16H,7-8,17H2,1-2H3,(H,30,32)(H,31,33);3-6,9,11,13-16H,7-8,10,12,17H2,1-2H3,(H,30,32)(H,31,33);3-6,9-16H,7-8,17H2,1-2H3,(H,30,32)(H,31,33). The number of hydrogen-bond donors (Lipinski definition) is 8. The fraction of sp³-hybridized carbons (Fsp3) is 0.207. The summed E-state index contributed by atoms with van der Waals surface area (Å²) in [5.74, 6) is 11.6. The van der Waals surface area contributed by atoms with Gasteiger partial charge in [0.05, 0.1) is 81.0 Å². The number of fused-ring (bicyclic) bond motifs is 24. The third kappa shape index (κ3) is 17.5. The Hall–Kier alpha value is -16.0. The zero-order valence-corrected chi connectivity index (χ0v) is 77.9. The van der Waals surface area contributed by atoms with E-state index in [4.69, 9.17) is 38.9 Å². The summed E-state index contributed by atoms with van der Waals surface area (Å²) in [6.07, 6.45) is 51.5. The molecule has 676 valence electrons. The van der Waals surface area contributed by atoms with Gasteiger partial charge >= 0.3 is 0 Å². The van der Waals surface area contributed by atoms with E-state index in [0.29, 0.717) is 26.4 Å². The first kappa shape index (κ1) is 86.7. The van der Waals surface area contributed by atoms with Crippen molar-refractivity contribution in [3.8, 4) is 135 Å². The highest BCUT2D eigenvalue weighted by atomic mass is 16.5. The number of aromatic amines is 8. The van der Waals surface area contributed by atoms with E-state index in [1.54, 1.807) is 0 Å². The van der Waals surface area contributed by atoms with Crippen molar-refractivity contribution in [1.29, 1.82) is 0 Å². The van der Waals surface area contributed by atoms with Gasteiger partial charge in [0.15, 0.2) is 0 Å². The number of nitrogens with one attached hydrogen (secondary N) is 8. The number of ether oxygens (including phenoxy) is 4. The summed E-state index contributed by atoms with van der Waals surface area (Å²) in [6.45, 7) is 18.5. The first-order chi connectivity index (χ1) is 66.9. The maximum absolute atomic E-state index is 6.27. The molecule has 0 bridgehead atoms. The summed E-state index contributed by atoms with van der Waals surface area (Å²) in [7, 11) is 0. The molecule has 0 unspecified atom stereocenters. The molecule has 18 aromatic rings. The first-order valence-electron chi connectivity index (χ1n) is 47.4. The molecule has 0 saturated heterocycles. The van der Waals surface area contributed by atoms with Crippen molar-refractivity contribution in [2.45, 2.75) is 159 Å². The monoisotopic (exact) mass is 1790 g/mol. The molecular formula is C116H108N16O4. The fourth-order valence-corrected chi connectivity index (χ4v) is 19.3. The molecule has 136 heavy (non-hydrogen) atoms. The lowest BCUT2D eigenvalue weighted by Crippen LogP contribution is -2.10. The Morgan fingerprint density at radius 3 is 0.985 bits per heavy atom. The number of hydrogen-bond acceptors (Lipinski definition) is 12. The average molecular weight is 1790 g/mol. The van der Waals surface area contributed by atoms with Crippen molar-refractivity contribution in [2.75, 3.05) is 0 Å². The maximum atomic E-state index is 6.27. The Morgan fingerprint density at radius 1 is 0.250 bits per heavy atom. The Labute approximate surface area is 790 Å². The topological polar surface area (TPSA) is 266 Å². The third-order valence-corrected chi connectivity index (χ3v) is 26.3. The van der Waals surface area contributed by atoms with Gasteiger partial charge in [-0.1, -0.05) is 146 Å². The lowest BCUT2D eigenvalue weighted by molar-refractivity contribution is 0.302. The zero-order valence-electron chi connectivity index (χ0n) is 77.9. The van der Waals surface area contributed by atoms with Gasteiger partial charge in [0.25, 0.3) is 0 Å². The van der Waals surface area contributed by atoms with Gasteiger partial charge in [-0.2, -0.15) is 0 Å². The normalized spacial score (nSPS) is 13.6. The number of rotatable bonds is 20. The number of nitrogens with zero attached hydrogens (tertiary/aromatic N) is 8. The van der Waals surface area contributed by atoms with E-state index in [9.17, 15) is 0 Å². The highest BCUT2D eigenvalue weighted by molar-refractivity contribution is 6.08. The van der Waals surface area contributed by atoms with Crippen LogP contribution in [0.1, 0.15) is 147 Å².